The maximum absolute atomic E-state index is 14.4. The van der Waals surface area contributed by atoms with Gasteiger partial charge in [-0.05, 0) is 30.5 Å². The SMILES string of the molecule is O=C(NCCN1CCOCC1)C1N([C@H](CO)c2ccccc2)C(=O)[C@@H]2[C@@H](C(=O)Nc3ccccc3)[C@H]3CCC12S3. The number of rotatable bonds is 9. The number of carbonyl (C=O) groups excluding carboxylic acids is 3. The van der Waals surface area contributed by atoms with Crippen LogP contribution in [0.25, 0.3) is 0 Å². The zero-order valence-electron chi connectivity index (χ0n) is 22.4. The topological polar surface area (TPSA) is 111 Å². The number of anilines is 1. The van der Waals surface area contributed by atoms with Crippen LogP contribution in [0.1, 0.15) is 24.4 Å². The predicted octanol–water partition coefficient (Wildman–Crippen LogP) is 1.90. The molecule has 3 N–H and O–H groups in total. The number of ether oxygens (including phenoxy) is 1. The molecular weight excluding hydrogens is 528 g/mol. The Kier molecular flexibility index (Phi) is 7.85. The van der Waals surface area contributed by atoms with Crippen LogP contribution < -0.4 is 10.6 Å². The van der Waals surface area contributed by atoms with Crippen LogP contribution in [-0.2, 0) is 19.1 Å². The van der Waals surface area contributed by atoms with E-state index in [-0.39, 0.29) is 29.6 Å². The Balaban J connectivity index is 1.30. The number of para-hydroxylation sites is 1. The van der Waals surface area contributed by atoms with Crippen LogP contribution >= 0.6 is 11.8 Å². The number of nitrogens with zero attached hydrogens (tertiary/aromatic N) is 2. The Labute approximate surface area is 238 Å². The number of carbonyl (C=O) groups is 3. The quantitative estimate of drug-likeness (QED) is 0.427. The zero-order valence-corrected chi connectivity index (χ0v) is 23.2. The van der Waals surface area contributed by atoms with Gasteiger partial charge in [0.1, 0.15) is 6.04 Å². The summed E-state index contributed by atoms with van der Waals surface area (Å²) in [6.45, 7) is 3.86. The van der Waals surface area contributed by atoms with Gasteiger partial charge in [0, 0.05) is 37.1 Å². The van der Waals surface area contributed by atoms with Crippen LogP contribution in [0.3, 0.4) is 0 Å². The second-order valence-electron chi connectivity index (χ2n) is 11.0. The van der Waals surface area contributed by atoms with Crippen LogP contribution in [-0.4, -0.2) is 94.7 Å². The van der Waals surface area contributed by atoms with Gasteiger partial charge in [-0.1, -0.05) is 48.5 Å². The maximum Gasteiger partial charge on any atom is 0.244 e. The molecule has 6 atom stereocenters. The van der Waals surface area contributed by atoms with Gasteiger partial charge < -0.3 is 25.4 Å². The Morgan fingerprint density at radius 2 is 1.75 bits per heavy atom. The van der Waals surface area contributed by atoms with Crippen molar-refractivity contribution in [2.45, 2.75) is 34.9 Å². The number of likely N-dealkylation sites (tertiary alicyclic amines) is 1. The van der Waals surface area contributed by atoms with Gasteiger partial charge in [0.05, 0.1) is 42.4 Å². The number of thioether (sulfide) groups is 1. The molecule has 4 aliphatic rings. The van der Waals surface area contributed by atoms with E-state index in [1.54, 1.807) is 16.7 Å². The molecule has 6 rings (SSSR count). The van der Waals surface area contributed by atoms with E-state index in [1.165, 1.54) is 0 Å². The van der Waals surface area contributed by atoms with Crippen molar-refractivity contribution >= 4 is 35.2 Å². The average molecular weight is 565 g/mol. The summed E-state index contributed by atoms with van der Waals surface area (Å²) in [5.41, 5.74) is 1.46. The van der Waals surface area contributed by atoms with Crippen molar-refractivity contribution in [3.05, 3.63) is 66.2 Å². The van der Waals surface area contributed by atoms with E-state index < -0.39 is 28.7 Å². The summed E-state index contributed by atoms with van der Waals surface area (Å²) in [5.74, 6) is -1.80. The monoisotopic (exact) mass is 564 g/mol. The van der Waals surface area contributed by atoms with Crippen LogP contribution in [0.4, 0.5) is 5.69 Å². The molecule has 40 heavy (non-hydrogen) atoms. The zero-order chi connectivity index (χ0) is 27.7. The lowest BCUT2D eigenvalue weighted by Crippen LogP contribution is -2.55. The Hall–Kier alpha value is -2.92. The van der Waals surface area contributed by atoms with Gasteiger partial charge >= 0.3 is 0 Å². The first-order chi connectivity index (χ1) is 19.5. The van der Waals surface area contributed by atoms with Crippen molar-refractivity contribution in [1.82, 2.24) is 15.1 Å². The normalized spacial score (nSPS) is 30.2. The van der Waals surface area contributed by atoms with E-state index in [1.807, 2.05) is 60.7 Å². The molecule has 2 aromatic rings. The number of benzene rings is 2. The number of nitrogens with one attached hydrogen (secondary N) is 2. The van der Waals surface area contributed by atoms with E-state index in [4.69, 9.17) is 4.74 Å². The number of amides is 3. The molecule has 0 aromatic heterocycles. The number of fused-ring (bicyclic) bond motifs is 1. The molecule has 0 radical (unpaired) electrons. The van der Waals surface area contributed by atoms with Crippen molar-refractivity contribution < 1.29 is 24.2 Å². The molecule has 10 heteroatoms. The van der Waals surface area contributed by atoms with Crippen molar-refractivity contribution in [2.24, 2.45) is 11.8 Å². The number of hydrogen-bond donors (Lipinski definition) is 3. The number of morpholine rings is 1. The minimum absolute atomic E-state index is 0.0345. The number of aliphatic hydroxyl groups excluding tert-OH is 1. The lowest BCUT2D eigenvalue weighted by Gasteiger charge is -2.37. The highest BCUT2D eigenvalue weighted by Crippen LogP contribution is 2.67. The molecule has 212 valence electrons. The van der Waals surface area contributed by atoms with Crippen LogP contribution in [0.15, 0.2) is 60.7 Å². The van der Waals surface area contributed by atoms with E-state index in [9.17, 15) is 19.5 Å². The van der Waals surface area contributed by atoms with Crippen LogP contribution in [0.2, 0.25) is 0 Å². The van der Waals surface area contributed by atoms with Crippen LogP contribution in [0.5, 0.6) is 0 Å². The lowest BCUT2D eigenvalue weighted by molar-refractivity contribution is -0.142. The molecule has 4 heterocycles. The molecule has 2 unspecified atom stereocenters. The molecule has 1 spiro atoms. The molecule has 0 saturated carbocycles. The second-order valence-corrected chi connectivity index (χ2v) is 12.6. The molecule has 0 aliphatic carbocycles. The van der Waals surface area contributed by atoms with Crippen molar-refractivity contribution in [2.75, 3.05) is 51.3 Å². The predicted molar refractivity (Wildman–Crippen MR) is 153 cm³/mol. The van der Waals surface area contributed by atoms with Crippen molar-refractivity contribution in [1.29, 1.82) is 0 Å². The van der Waals surface area contributed by atoms with E-state index in [0.29, 0.717) is 38.4 Å². The minimum atomic E-state index is -0.781. The van der Waals surface area contributed by atoms with Gasteiger partial charge in [-0.3, -0.25) is 19.3 Å². The van der Waals surface area contributed by atoms with E-state index in [2.05, 4.69) is 15.5 Å². The third-order valence-corrected chi connectivity index (χ3v) is 10.8. The molecular formula is C30H36N4O5S. The fourth-order valence-electron chi connectivity index (χ4n) is 7.06. The first kappa shape index (κ1) is 27.3. The molecule has 9 nitrogen and oxygen atoms in total. The van der Waals surface area contributed by atoms with Crippen LogP contribution in [0, 0.1) is 11.8 Å². The largest absolute Gasteiger partial charge is 0.394 e. The Morgan fingerprint density at radius 1 is 1.05 bits per heavy atom. The van der Waals surface area contributed by atoms with Gasteiger partial charge in [-0.2, -0.15) is 0 Å². The van der Waals surface area contributed by atoms with Gasteiger partial charge in [0.2, 0.25) is 17.7 Å². The third kappa shape index (κ3) is 4.81. The molecule has 2 bridgehead atoms. The second kappa shape index (κ2) is 11.5. The minimum Gasteiger partial charge on any atom is -0.394 e. The highest BCUT2D eigenvalue weighted by atomic mass is 32.2. The van der Waals surface area contributed by atoms with E-state index >= 15 is 0 Å². The highest BCUT2D eigenvalue weighted by Gasteiger charge is 2.74. The number of aliphatic hydroxyl groups is 1. The summed E-state index contributed by atoms with van der Waals surface area (Å²) in [4.78, 5) is 45.9. The summed E-state index contributed by atoms with van der Waals surface area (Å²) >= 11 is 1.63. The van der Waals surface area contributed by atoms with Gasteiger partial charge in [-0.25, -0.2) is 0 Å². The third-order valence-electron chi connectivity index (χ3n) is 8.85. The maximum atomic E-state index is 14.4. The molecule has 3 amide bonds. The lowest BCUT2D eigenvalue weighted by atomic mass is 9.70. The molecule has 4 saturated heterocycles. The van der Waals surface area contributed by atoms with Gasteiger partial charge in [-0.15, -0.1) is 11.8 Å². The Morgan fingerprint density at radius 3 is 2.45 bits per heavy atom. The fourth-order valence-corrected chi connectivity index (χ4v) is 9.27. The van der Waals surface area contributed by atoms with Crippen molar-refractivity contribution in [3.63, 3.8) is 0 Å². The molecule has 4 aliphatic heterocycles. The molecule has 2 aromatic carbocycles. The first-order valence-corrected chi connectivity index (χ1v) is 15.0. The fraction of sp³-hybridized carbons (Fsp3) is 0.500. The summed E-state index contributed by atoms with van der Waals surface area (Å²) in [6, 6.07) is 17.2. The summed E-state index contributed by atoms with van der Waals surface area (Å²) in [5, 5.41) is 16.7. The number of hydrogen-bond acceptors (Lipinski definition) is 7. The summed E-state index contributed by atoms with van der Waals surface area (Å²) < 4.78 is 4.71. The van der Waals surface area contributed by atoms with E-state index in [0.717, 1.165) is 25.1 Å². The van der Waals surface area contributed by atoms with Gasteiger partial charge in [0.25, 0.3) is 0 Å². The smallest absolute Gasteiger partial charge is 0.244 e. The molecule has 4 fully saturated rings. The van der Waals surface area contributed by atoms with Crippen molar-refractivity contribution in [3.8, 4) is 0 Å². The highest BCUT2D eigenvalue weighted by molar-refractivity contribution is 8.02. The average Bonchev–Trinajstić information content (AvgIpc) is 3.63. The van der Waals surface area contributed by atoms with Gasteiger partial charge in [0.15, 0.2) is 0 Å². The summed E-state index contributed by atoms with van der Waals surface area (Å²) in [7, 11) is 0. The standard InChI is InChI=1S/C30H36N4O5S/c35-19-22(20-7-3-1-4-8-20)34-26(28(37)31-13-14-33-15-17-39-18-16-33)30-12-11-23(40-30)24(25(30)29(34)38)27(36)32-21-9-5-2-6-10-21/h1-10,22-26,35H,11-19H2,(H,31,37)(H,32,36)/t22-,23-,24+,25+,26?,30?/m1/s1. The Bertz CT molecular complexity index is 1230. The summed E-state index contributed by atoms with van der Waals surface area (Å²) in [6.07, 6.45) is 1.45. The first-order valence-electron chi connectivity index (χ1n) is 14.1.